The van der Waals surface area contributed by atoms with Gasteiger partial charge in [-0.15, -0.1) is 0 Å². The van der Waals surface area contributed by atoms with Crippen LogP contribution in [0.25, 0.3) is 0 Å². The van der Waals surface area contributed by atoms with E-state index in [0.29, 0.717) is 17.8 Å². The number of carbonyl (C=O) groups excluding carboxylic acids is 2. The van der Waals surface area contributed by atoms with E-state index >= 15 is 0 Å². The van der Waals surface area contributed by atoms with Crippen LogP contribution < -0.4 is 5.32 Å². The third kappa shape index (κ3) is 3.97. The van der Waals surface area contributed by atoms with E-state index in [1.54, 1.807) is 6.92 Å². The molecule has 3 rings (SSSR count). The zero-order valence-corrected chi connectivity index (χ0v) is 15.0. The van der Waals surface area contributed by atoms with Crippen LogP contribution in [0.3, 0.4) is 0 Å². The van der Waals surface area contributed by atoms with Crippen molar-refractivity contribution < 1.29 is 19.1 Å². The van der Waals surface area contributed by atoms with Crippen molar-refractivity contribution in [1.82, 2.24) is 5.32 Å². The highest BCUT2D eigenvalue weighted by Gasteiger charge is 2.53. The molecule has 1 N–H and O–H groups in total. The summed E-state index contributed by atoms with van der Waals surface area (Å²) in [6, 6.07) is 8.90. The van der Waals surface area contributed by atoms with Crippen molar-refractivity contribution in [3.05, 3.63) is 35.9 Å². The molecule has 0 aromatic heterocycles. The standard InChI is InChI=1S/C20H27NO4/c1-3-24-19(23)21-16(13-14-7-5-4-6-8-14)18(22)25-17-10-12-20(2)11-9-15(17)20/h4-8,15-17H,3,9-13H2,1-2H3,(H,21,23)/t15?,16-,17+,20?/m0/s1. The van der Waals surface area contributed by atoms with Gasteiger partial charge in [0.2, 0.25) is 0 Å². The predicted octanol–water partition coefficient (Wildman–Crippen LogP) is 3.47. The Hall–Kier alpha value is -2.04. The molecule has 0 bridgehead atoms. The number of carbonyl (C=O) groups is 2. The first kappa shape index (κ1) is 17.8. The van der Waals surface area contributed by atoms with Crippen molar-refractivity contribution in [3.63, 3.8) is 0 Å². The fourth-order valence-electron chi connectivity index (χ4n) is 4.15. The molecule has 136 valence electrons. The first-order valence-corrected chi connectivity index (χ1v) is 9.19. The number of rotatable bonds is 6. The number of alkyl carbamates (subject to hydrolysis) is 1. The highest BCUT2D eigenvalue weighted by atomic mass is 16.6. The van der Waals surface area contributed by atoms with Gasteiger partial charge in [-0.05, 0) is 43.6 Å². The van der Waals surface area contributed by atoms with Crippen LogP contribution in [-0.4, -0.2) is 30.8 Å². The lowest BCUT2D eigenvalue weighted by molar-refractivity contribution is -0.156. The van der Waals surface area contributed by atoms with E-state index in [1.807, 2.05) is 30.3 Å². The van der Waals surface area contributed by atoms with E-state index in [1.165, 1.54) is 6.42 Å². The molecule has 2 saturated carbocycles. The van der Waals surface area contributed by atoms with Gasteiger partial charge in [0, 0.05) is 12.3 Å². The van der Waals surface area contributed by atoms with E-state index in [-0.39, 0.29) is 18.7 Å². The van der Waals surface area contributed by atoms with Gasteiger partial charge >= 0.3 is 12.1 Å². The summed E-state index contributed by atoms with van der Waals surface area (Å²) in [4.78, 5) is 24.6. The van der Waals surface area contributed by atoms with Gasteiger partial charge in [-0.2, -0.15) is 0 Å². The van der Waals surface area contributed by atoms with Gasteiger partial charge in [0.1, 0.15) is 12.1 Å². The van der Waals surface area contributed by atoms with E-state index in [0.717, 1.165) is 24.8 Å². The van der Waals surface area contributed by atoms with Crippen molar-refractivity contribution in [2.24, 2.45) is 11.3 Å². The Morgan fingerprint density at radius 1 is 1.24 bits per heavy atom. The number of nitrogens with one attached hydrogen (secondary N) is 1. The summed E-state index contributed by atoms with van der Waals surface area (Å²) >= 11 is 0. The molecular formula is C20H27NO4. The number of hydrogen-bond donors (Lipinski definition) is 1. The van der Waals surface area contributed by atoms with Crippen LogP contribution in [0.4, 0.5) is 4.79 Å². The normalized spacial score (nSPS) is 28.4. The number of amides is 1. The van der Waals surface area contributed by atoms with Crippen LogP contribution in [-0.2, 0) is 20.7 Å². The minimum Gasteiger partial charge on any atom is -0.461 e. The molecule has 0 heterocycles. The SMILES string of the molecule is CCOC(=O)N[C@@H](Cc1ccccc1)C(=O)O[C@@H]1CCC2(C)CCC12. The van der Waals surface area contributed by atoms with Crippen molar-refractivity contribution >= 4 is 12.1 Å². The minimum absolute atomic E-state index is 0.0199. The topological polar surface area (TPSA) is 64.6 Å². The molecule has 1 aromatic rings. The maximum atomic E-state index is 12.7. The second-order valence-corrected chi connectivity index (χ2v) is 7.42. The summed E-state index contributed by atoms with van der Waals surface area (Å²) in [5.41, 5.74) is 1.31. The average Bonchev–Trinajstić information content (AvgIpc) is 2.79. The third-order valence-electron chi connectivity index (χ3n) is 5.77. The van der Waals surface area contributed by atoms with Crippen LogP contribution in [0.2, 0.25) is 0 Å². The molecule has 2 unspecified atom stereocenters. The second kappa shape index (κ2) is 7.46. The zero-order chi connectivity index (χ0) is 17.9. The van der Waals surface area contributed by atoms with Crippen molar-refractivity contribution in [1.29, 1.82) is 0 Å². The Labute approximate surface area is 149 Å². The molecule has 0 aliphatic heterocycles. The summed E-state index contributed by atoms with van der Waals surface area (Å²) in [5, 5.41) is 2.66. The van der Waals surface area contributed by atoms with Crippen molar-refractivity contribution in [2.45, 2.75) is 58.1 Å². The van der Waals surface area contributed by atoms with Crippen LogP contribution in [0.15, 0.2) is 30.3 Å². The number of esters is 1. The Bertz CT molecular complexity index is 617. The number of ether oxygens (including phenoxy) is 2. The lowest BCUT2D eigenvalue weighted by Gasteiger charge is -2.43. The van der Waals surface area contributed by atoms with Gasteiger partial charge < -0.3 is 14.8 Å². The summed E-state index contributed by atoms with van der Waals surface area (Å²) in [6.07, 6.45) is 4.18. The Kier molecular flexibility index (Phi) is 5.30. The molecule has 1 aromatic carbocycles. The minimum atomic E-state index is -0.728. The maximum Gasteiger partial charge on any atom is 0.407 e. The van der Waals surface area contributed by atoms with Crippen molar-refractivity contribution in [3.8, 4) is 0 Å². The van der Waals surface area contributed by atoms with E-state index < -0.39 is 12.1 Å². The molecule has 4 atom stereocenters. The van der Waals surface area contributed by atoms with Crippen molar-refractivity contribution in [2.75, 3.05) is 6.61 Å². The van der Waals surface area contributed by atoms with Crippen LogP contribution >= 0.6 is 0 Å². The fourth-order valence-corrected chi connectivity index (χ4v) is 4.15. The molecule has 1 amide bonds. The number of fused-ring (bicyclic) bond motifs is 1. The molecule has 2 fully saturated rings. The molecule has 5 nitrogen and oxygen atoms in total. The summed E-state index contributed by atoms with van der Waals surface area (Å²) in [6.45, 7) is 4.29. The van der Waals surface area contributed by atoms with Gasteiger partial charge in [0.25, 0.3) is 0 Å². The molecule has 0 radical (unpaired) electrons. The maximum absolute atomic E-state index is 12.7. The first-order chi connectivity index (χ1) is 12.0. The van der Waals surface area contributed by atoms with E-state index in [4.69, 9.17) is 9.47 Å². The summed E-state index contributed by atoms with van der Waals surface area (Å²) in [5.74, 6) is 0.106. The number of hydrogen-bond acceptors (Lipinski definition) is 4. The highest BCUT2D eigenvalue weighted by molar-refractivity contribution is 5.81. The molecule has 0 spiro atoms. The van der Waals surface area contributed by atoms with Gasteiger partial charge in [-0.1, -0.05) is 37.3 Å². The zero-order valence-electron chi connectivity index (χ0n) is 15.0. The Morgan fingerprint density at radius 2 is 1.96 bits per heavy atom. The van der Waals surface area contributed by atoms with Gasteiger partial charge in [-0.3, -0.25) is 0 Å². The van der Waals surface area contributed by atoms with Gasteiger partial charge in [0.05, 0.1) is 6.61 Å². The lowest BCUT2D eigenvalue weighted by Crippen LogP contribution is -2.46. The Balaban J connectivity index is 1.65. The largest absolute Gasteiger partial charge is 0.461 e. The lowest BCUT2D eigenvalue weighted by atomic mass is 9.63. The van der Waals surface area contributed by atoms with Gasteiger partial charge in [0.15, 0.2) is 0 Å². The summed E-state index contributed by atoms with van der Waals surface area (Å²) in [7, 11) is 0. The third-order valence-corrected chi connectivity index (χ3v) is 5.77. The van der Waals surface area contributed by atoms with Crippen LogP contribution in [0.5, 0.6) is 0 Å². The monoisotopic (exact) mass is 345 g/mol. The molecule has 2 aliphatic rings. The van der Waals surface area contributed by atoms with Crippen LogP contribution in [0, 0.1) is 11.3 Å². The second-order valence-electron chi connectivity index (χ2n) is 7.42. The first-order valence-electron chi connectivity index (χ1n) is 9.19. The highest BCUT2D eigenvalue weighted by Crippen LogP contribution is 2.58. The van der Waals surface area contributed by atoms with Gasteiger partial charge in [-0.25, -0.2) is 9.59 Å². The summed E-state index contributed by atoms with van der Waals surface area (Å²) < 4.78 is 10.8. The molecular weight excluding hydrogens is 318 g/mol. The average molecular weight is 345 g/mol. The molecule has 25 heavy (non-hydrogen) atoms. The molecule has 0 saturated heterocycles. The van der Waals surface area contributed by atoms with E-state index in [2.05, 4.69) is 12.2 Å². The Morgan fingerprint density at radius 3 is 2.56 bits per heavy atom. The van der Waals surface area contributed by atoms with Crippen LogP contribution in [0.1, 0.15) is 45.1 Å². The molecule has 2 aliphatic carbocycles. The quantitative estimate of drug-likeness (QED) is 0.802. The smallest absolute Gasteiger partial charge is 0.407 e. The molecule has 5 heteroatoms. The number of benzene rings is 1. The fraction of sp³-hybridized carbons (Fsp3) is 0.600. The predicted molar refractivity (Wildman–Crippen MR) is 94.0 cm³/mol. The van der Waals surface area contributed by atoms with E-state index in [9.17, 15) is 9.59 Å².